The van der Waals surface area contributed by atoms with Crippen LogP contribution in [-0.2, 0) is 6.42 Å². The molecule has 1 heteroatoms. The number of benzene rings is 1. The molecule has 0 unspecified atom stereocenters. The van der Waals surface area contributed by atoms with Gasteiger partial charge in [0.1, 0.15) is 0 Å². The molecule has 2 aliphatic carbocycles. The van der Waals surface area contributed by atoms with Gasteiger partial charge in [0.15, 0.2) is 0 Å². The molecule has 0 aliphatic heterocycles. The van der Waals surface area contributed by atoms with Gasteiger partial charge in [-0.15, -0.1) is 0 Å². The van der Waals surface area contributed by atoms with Crippen molar-refractivity contribution >= 4 is 0 Å². The van der Waals surface area contributed by atoms with Crippen molar-refractivity contribution in [3.8, 4) is 6.07 Å². The van der Waals surface area contributed by atoms with E-state index in [0.29, 0.717) is 0 Å². The maximum Gasteiger partial charge on any atom is 0.0991 e. The Morgan fingerprint density at radius 2 is 1.44 bits per heavy atom. The maximum atomic E-state index is 8.86. The molecule has 2 fully saturated rings. The zero-order chi connectivity index (χ0) is 18.9. The van der Waals surface area contributed by atoms with Gasteiger partial charge in [-0.2, -0.15) is 5.26 Å². The van der Waals surface area contributed by atoms with Crippen LogP contribution in [0.3, 0.4) is 0 Å². The summed E-state index contributed by atoms with van der Waals surface area (Å²) in [6.45, 7) is 2.34. The molecule has 0 spiro atoms. The Hall–Kier alpha value is -1.55. The number of allylic oxidation sites excluding steroid dienone is 2. The largest absolute Gasteiger partial charge is 0.192 e. The zero-order valence-electron chi connectivity index (χ0n) is 17.2. The Morgan fingerprint density at radius 3 is 2.00 bits per heavy atom. The van der Waals surface area contributed by atoms with E-state index in [2.05, 4.69) is 37.3 Å². The molecule has 1 aromatic carbocycles. The van der Waals surface area contributed by atoms with Crippen LogP contribution in [0.15, 0.2) is 36.4 Å². The van der Waals surface area contributed by atoms with Crippen molar-refractivity contribution < 1.29 is 0 Å². The molecule has 27 heavy (non-hydrogen) atoms. The third-order valence-corrected chi connectivity index (χ3v) is 7.22. The van der Waals surface area contributed by atoms with E-state index in [0.717, 1.165) is 35.7 Å². The molecule has 1 nitrogen and oxygen atoms in total. The van der Waals surface area contributed by atoms with E-state index in [1.807, 2.05) is 12.1 Å². The first-order valence-electron chi connectivity index (χ1n) is 11.4. The predicted molar refractivity (Wildman–Crippen MR) is 114 cm³/mol. The van der Waals surface area contributed by atoms with Crippen LogP contribution in [0.2, 0.25) is 0 Å². The van der Waals surface area contributed by atoms with Gasteiger partial charge in [-0.05, 0) is 92.7 Å². The quantitative estimate of drug-likeness (QED) is 0.461. The molecule has 1 aromatic rings. The molecule has 0 saturated heterocycles. The minimum absolute atomic E-state index is 0.748. The average molecular weight is 364 g/mol. The molecular weight excluding hydrogens is 326 g/mol. The van der Waals surface area contributed by atoms with Gasteiger partial charge in [0.25, 0.3) is 0 Å². The summed E-state index contributed by atoms with van der Waals surface area (Å²) in [7, 11) is 0. The molecule has 0 atom stereocenters. The third-order valence-electron chi connectivity index (χ3n) is 7.22. The van der Waals surface area contributed by atoms with E-state index in [1.54, 1.807) is 0 Å². The van der Waals surface area contributed by atoms with Crippen molar-refractivity contribution in [1.82, 2.24) is 0 Å². The number of nitriles is 1. The van der Waals surface area contributed by atoms with Crippen LogP contribution in [0.1, 0.15) is 88.7 Å². The third kappa shape index (κ3) is 6.24. The Balaban J connectivity index is 1.33. The second kappa shape index (κ2) is 10.7. The molecule has 2 aliphatic rings. The lowest BCUT2D eigenvalue weighted by Gasteiger charge is -2.37. The number of hydrogen-bond acceptors (Lipinski definition) is 1. The van der Waals surface area contributed by atoms with Gasteiger partial charge in [0, 0.05) is 0 Å². The summed E-state index contributed by atoms with van der Waals surface area (Å²) < 4.78 is 0. The van der Waals surface area contributed by atoms with Crippen LogP contribution in [0.4, 0.5) is 0 Å². The minimum Gasteiger partial charge on any atom is -0.192 e. The van der Waals surface area contributed by atoms with Crippen molar-refractivity contribution in [3.63, 3.8) is 0 Å². The monoisotopic (exact) mass is 363 g/mol. The first kappa shape index (κ1) is 20.2. The second-order valence-electron chi connectivity index (χ2n) is 9.07. The van der Waals surface area contributed by atoms with E-state index in [1.165, 1.54) is 76.2 Å². The molecular formula is C26H37N. The fourth-order valence-electron chi connectivity index (χ4n) is 5.48. The standard InChI is InChI=1S/C26H37N/c1-2-5-21-12-16-25(17-13-21)26-18-14-23(15-19-26)7-4-3-6-22-8-10-24(20-27)11-9-22/h3-4,8-11,21,23,25-26H,2,5-7,12-19H2,1H3/b4-3-. The Kier molecular flexibility index (Phi) is 8.00. The van der Waals surface area contributed by atoms with Crippen molar-refractivity contribution in [1.29, 1.82) is 5.26 Å². The lowest BCUT2D eigenvalue weighted by atomic mass is 9.68. The predicted octanol–water partition coefficient (Wildman–Crippen LogP) is 7.46. The normalized spacial score (nSPS) is 28.9. The highest BCUT2D eigenvalue weighted by Gasteiger charge is 2.30. The van der Waals surface area contributed by atoms with Gasteiger partial charge in [0.2, 0.25) is 0 Å². The van der Waals surface area contributed by atoms with E-state index < -0.39 is 0 Å². The van der Waals surface area contributed by atoms with E-state index >= 15 is 0 Å². The fraction of sp³-hybridized carbons (Fsp3) is 0.654. The maximum absolute atomic E-state index is 8.86. The minimum atomic E-state index is 0.748. The average Bonchev–Trinajstić information content (AvgIpc) is 2.73. The van der Waals surface area contributed by atoms with Crippen LogP contribution in [0.25, 0.3) is 0 Å². The van der Waals surface area contributed by atoms with Crippen LogP contribution in [-0.4, -0.2) is 0 Å². The van der Waals surface area contributed by atoms with Gasteiger partial charge < -0.3 is 0 Å². The highest BCUT2D eigenvalue weighted by Crippen LogP contribution is 2.42. The molecule has 0 N–H and O–H groups in total. The lowest BCUT2D eigenvalue weighted by molar-refractivity contribution is 0.144. The first-order valence-corrected chi connectivity index (χ1v) is 11.4. The molecule has 0 amide bonds. The number of hydrogen-bond donors (Lipinski definition) is 0. The van der Waals surface area contributed by atoms with Gasteiger partial charge in [-0.3, -0.25) is 0 Å². The molecule has 0 radical (unpaired) electrons. The topological polar surface area (TPSA) is 23.8 Å². The van der Waals surface area contributed by atoms with Gasteiger partial charge >= 0.3 is 0 Å². The van der Waals surface area contributed by atoms with Crippen molar-refractivity contribution in [2.45, 2.75) is 84.0 Å². The van der Waals surface area contributed by atoms with Gasteiger partial charge in [0.05, 0.1) is 11.6 Å². The summed E-state index contributed by atoms with van der Waals surface area (Å²) in [5.74, 6) is 4.04. The van der Waals surface area contributed by atoms with E-state index in [9.17, 15) is 0 Å². The van der Waals surface area contributed by atoms with Crippen molar-refractivity contribution in [3.05, 3.63) is 47.5 Å². The number of nitrogens with zero attached hydrogens (tertiary/aromatic N) is 1. The molecule has 3 rings (SSSR count). The molecule has 0 bridgehead atoms. The Bertz CT molecular complexity index is 605. The van der Waals surface area contributed by atoms with Crippen LogP contribution in [0.5, 0.6) is 0 Å². The van der Waals surface area contributed by atoms with Gasteiger partial charge in [-0.25, -0.2) is 0 Å². The molecule has 2 saturated carbocycles. The summed E-state index contributed by atoms with van der Waals surface area (Å²) in [6.07, 6.45) is 21.7. The number of rotatable bonds is 7. The fourth-order valence-corrected chi connectivity index (χ4v) is 5.48. The lowest BCUT2D eigenvalue weighted by Crippen LogP contribution is -2.25. The Labute approximate surface area is 166 Å². The van der Waals surface area contributed by atoms with Crippen LogP contribution >= 0.6 is 0 Å². The van der Waals surface area contributed by atoms with Crippen molar-refractivity contribution in [2.75, 3.05) is 0 Å². The Morgan fingerprint density at radius 1 is 0.852 bits per heavy atom. The highest BCUT2D eigenvalue weighted by molar-refractivity contribution is 5.32. The van der Waals surface area contributed by atoms with E-state index in [4.69, 9.17) is 5.26 Å². The molecule has 0 heterocycles. The molecule has 146 valence electrons. The summed E-state index contributed by atoms with van der Waals surface area (Å²) >= 11 is 0. The summed E-state index contributed by atoms with van der Waals surface area (Å²) in [5, 5.41) is 8.86. The summed E-state index contributed by atoms with van der Waals surface area (Å²) in [6, 6.07) is 10.2. The van der Waals surface area contributed by atoms with Crippen molar-refractivity contribution in [2.24, 2.45) is 23.7 Å². The second-order valence-corrected chi connectivity index (χ2v) is 9.07. The first-order chi connectivity index (χ1) is 13.3. The summed E-state index contributed by atoms with van der Waals surface area (Å²) in [4.78, 5) is 0. The highest BCUT2D eigenvalue weighted by atomic mass is 14.4. The smallest absolute Gasteiger partial charge is 0.0991 e. The van der Waals surface area contributed by atoms with Crippen LogP contribution < -0.4 is 0 Å². The zero-order valence-corrected chi connectivity index (χ0v) is 17.2. The van der Waals surface area contributed by atoms with Gasteiger partial charge in [-0.1, -0.05) is 56.9 Å². The summed E-state index contributed by atoms with van der Waals surface area (Å²) in [5.41, 5.74) is 2.05. The van der Waals surface area contributed by atoms with E-state index in [-0.39, 0.29) is 0 Å². The molecule has 0 aromatic heterocycles. The SMILES string of the molecule is CCCC1CCC(C2CCC(C/C=C\Cc3ccc(C#N)cc3)CC2)CC1. The van der Waals surface area contributed by atoms with Crippen LogP contribution in [0, 0.1) is 35.0 Å².